The third kappa shape index (κ3) is 4.04. The summed E-state index contributed by atoms with van der Waals surface area (Å²) in [6.07, 6.45) is 1.52. The van der Waals surface area contributed by atoms with Crippen LogP contribution in [0.5, 0.6) is 5.75 Å². The summed E-state index contributed by atoms with van der Waals surface area (Å²) in [5.41, 5.74) is 1.48. The summed E-state index contributed by atoms with van der Waals surface area (Å²) in [5, 5.41) is 4.42. The Morgan fingerprint density at radius 2 is 1.71 bits per heavy atom. The lowest BCUT2D eigenvalue weighted by atomic mass is 9.93. The molecule has 5 aromatic rings. The number of aromatic nitrogens is 2. The van der Waals surface area contributed by atoms with Gasteiger partial charge < -0.3 is 10.1 Å². The summed E-state index contributed by atoms with van der Waals surface area (Å²) in [7, 11) is 1.52. The van der Waals surface area contributed by atoms with E-state index in [-0.39, 0.29) is 17.5 Å². The quantitative estimate of drug-likeness (QED) is 0.292. The van der Waals surface area contributed by atoms with Crippen LogP contribution in [0.1, 0.15) is 41.6 Å². The number of hydrogen-bond donors (Lipinski definition) is 1. The van der Waals surface area contributed by atoms with E-state index in [1.807, 2.05) is 38.1 Å². The van der Waals surface area contributed by atoms with Crippen LogP contribution in [0.4, 0.5) is 15.8 Å². The first-order valence-corrected chi connectivity index (χ1v) is 13.2. The van der Waals surface area contributed by atoms with Crippen molar-refractivity contribution in [2.24, 2.45) is 5.92 Å². The number of nitrogens with zero attached hydrogens (tertiary/aromatic N) is 3. The average molecular weight is 551 g/mol. The fourth-order valence-electron chi connectivity index (χ4n) is 5.43. The number of carbonyl (C=O) groups is 3. The smallest absolute Gasteiger partial charge is 0.271 e. The predicted molar refractivity (Wildman–Crippen MR) is 154 cm³/mol. The van der Waals surface area contributed by atoms with E-state index in [9.17, 15) is 18.8 Å². The van der Waals surface area contributed by atoms with Gasteiger partial charge in [-0.1, -0.05) is 32.0 Å². The number of amides is 2. The first kappa shape index (κ1) is 26.2. The number of rotatable bonds is 5. The monoisotopic (exact) mass is 550 g/mol. The Balaban J connectivity index is 1.43. The largest absolute Gasteiger partial charge is 0.497 e. The molecule has 0 radical (unpaired) electrons. The zero-order chi connectivity index (χ0) is 29.1. The molecule has 0 saturated heterocycles. The number of methoxy groups -OCH3 is 1. The summed E-state index contributed by atoms with van der Waals surface area (Å²) < 4.78 is 20.7. The Kier molecular flexibility index (Phi) is 6.10. The third-order valence-corrected chi connectivity index (χ3v) is 7.57. The van der Waals surface area contributed by atoms with Crippen molar-refractivity contribution in [3.63, 3.8) is 0 Å². The Morgan fingerprint density at radius 1 is 0.976 bits per heavy atom. The maximum Gasteiger partial charge on any atom is 0.271 e. The van der Waals surface area contributed by atoms with Gasteiger partial charge in [-0.05, 0) is 61.5 Å². The van der Waals surface area contributed by atoms with Crippen molar-refractivity contribution >= 4 is 50.9 Å². The van der Waals surface area contributed by atoms with Gasteiger partial charge in [0, 0.05) is 27.9 Å². The molecule has 0 unspecified atom stereocenters. The standard InChI is InChI=1S/C32H27FN4O4/c1-18(2)30(39)37-26-8-6-5-7-22(26)23-16-25(34-17-28(23)37)29(38)35-32(3)24-15-21(41-4)13-14-27(24)36(31(32)40)20-11-9-19(33)10-12-20/h5-18H,1-4H3,(H,35,38)/t32-/m0/s1. The highest BCUT2D eigenvalue weighted by molar-refractivity contribution is 6.16. The van der Waals surface area contributed by atoms with E-state index in [0.717, 1.165) is 10.9 Å². The maximum absolute atomic E-state index is 14.0. The lowest BCUT2D eigenvalue weighted by molar-refractivity contribution is -0.122. The molecule has 1 N–H and O–H groups in total. The van der Waals surface area contributed by atoms with Crippen LogP contribution >= 0.6 is 0 Å². The second-order valence-electron chi connectivity index (χ2n) is 10.5. The lowest BCUT2D eigenvalue weighted by Gasteiger charge is -2.26. The Hall–Kier alpha value is -5.05. The molecule has 8 nitrogen and oxygen atoms in total. The van der Waals surface area contributed by atoms with Crippen molar-refractivity contribution in [1.29, 1.82) is 0 Å². The molecule has 1 aliphatic rings. The van der Waals surface area contributed by atoms with E-state index in [4.69, 9.17) is 4.74 Å². The summed E-state index contributed by atoms with van der Waals surface area (Å²) in [5.74, 6) is -1.22. The number of anilines is 2. The summed E-state index contributed by atoms with van der Waals surface area (Å²) in [4.78, 5) is 46.7. The Labute approximate surface area is 235 Å². The topological polar surface area (TPSA) is 93.5 Å². The summed E-state index contributed by atoms with van der Waals surface area (Å²) in [6, 6.07) is 19.9. The van der Waals surface area contributed by atoms with Gasteiger partial charge in [-0.25, -0.2) is 9.37 Å². The molecule has 2 aromatic heterocycles. The second kappa shape index (κ2) is 9.55. The van der Waals surface area contributed by atoms with Gasteiger partial charge in [0.1, 0.15) is 22.8 Å². The van der Waals surface area contributed by atoms with Gasteiger partial charge >= 0.3 is 0 Å². The van der Waals surface area contributed by atoms with E-state index in [1.54, 1.807) is 35.8 Å². The van der Waals surface area contributed by atoms with Gasteiger partial charge in [0.25, 0.3) is 11.8 Å². The van der Waals surface area contributed by atoms with Crippen LogP contribution in [0.2, 0.25) is 0 Å². The van der Waals surface area contributed by atoms with Gasteiger partial charge in [0.15, 0.2) is 0 Å². The molecular weight excluding hydrogens is 523 g/mol. The molecule has 206 valence electrons. The fraction of sp³-hybridized carbons (Fsp3) is 0.188. The van der Waals surface area contributed by atoms with Crippen LogP contribution in [0.3, 0.4) is 0 Å². The highest BCUT2D eigenvalue weighted by Crippen LogP contribution is 2.46. The van der Waals surface area contributed by atoms with Crippen LogP contribution in [-0.4, -0.2) is 34.4 Å². The normalized spacial score (nSPS) is 16.4. The van der Waals surface area contributed by atoms with Crippen molar-refractivity contribution in [3.05, 3.63) is 96.1 Å². The molecule has 41 heavy (non-hydrogen) atoms. The first-order valence-electron chi connectivity index (χ1n) is 13.2. The maximum atomic E-state index is 14.0. The number of pyridine rings is 1. The highest BCUT2D eigenvalue weighted by atomic mass is 19.1. The van der Waals surface area contributed by atoms with Crippen molar-refractivity contribution in [1.82, 2.24) is 14.9 Å². The molecule has 1 aliphatic heterocycles. The molecule has 0 spiro atoms. The van der Waals surface area contributed by atoms with Crippen molar-refractivity contribution < 1.29 is 23.5 Å². The van der Waals surface area contributed by atoms with E-state index in [2.05, 4.69) is 10.3 Å². The van der Waals surface area contributed by atoms with Crippen LogP contribution < -0.4 is 15.0 Å². The average Bonchev–Trinajstić information content (AvgIpc) is 3.41. The number of benzene rings is 3. The molecule has 1 atom stereocenters. The number of carbonyl (C=O) groups excluding carboxylic acids is 3. The molecule has 3 aromatic carbocycles. The highest BCUT2D eigenvalue weighted by Gasteiger charge is 2.49. The SMILES string of the molecule is COc1ccc2c(c1)[C@](C)(NC(=O)c1cc3c4ccccc4n(C(=O)C(C)C)c3cn1)C(=O)N2c1ccc(F)cc1. The summed E-state index contributed by atoms with van der Waals surface area (Å²) in [6.45, 7) is 5.29. The molecule has 3 heterocycles. The third-order valence-electron chi connectivity index (χ3n) is 7.57. The minimum atomic E-state index is -1.48. The van der Waals surface area contributed by atoms with E-state index < -0.39 is 23.2 Å². The number of para-hydroxylation sites is 1. The molecule has 0 aliphatic carbocycles. The van der Waals surface area contributed by atoms with Gasteiger partial charge in [-0.3, -0.25) is 23.9 Å². The van der Waals surface area contributed by atoms with Crippen LogP contribution in [0.15, 0.2) is 79.0 Å². The number of hydrogen-bond acceptors (Lipinski definition) is 5. The Bertz CT molecular complexity index is 1880. The molecule has 2 amide bonds. The minimum absolute atomic E-state index is 0.0781. The number of ether oxygens (including phenoxy) is 1. The van der Waals surface area contributed by atoms with Crippen molar-refractivity contribution in [2.45, 2.75) is 26.3 Å². The molecular formula is C32H27FN4O4. The van der Waals surface area contributed by atoms with Gasteiger partial charge in [-0.15, -0.1) is 0 Å². The molecule has 9 heteroatoms. The van der Waals surface area contributed by atoms with E-state index in [0.29, 0.717) is 33.6 Å². The van der Waals surface area contributed by atoms with E-state index in [1.165, 1.54) is 42.5 Å². The van der Waals surface area contributed by atoms with Gasteiger partial charge in [0.2, 0.25) is 5.91 Å². The van der Waals surface area contributed by atoms with Crippen LogP contribution in [0.25, 0.3) is 21.8 Å². The lowest BCUT2D eigenvalue weighted by Crippen LogP contribution is -2.50. The zero-order valence-corrected chi connectivity index (χ0v) is 22.9. The van der Waals surface area contributed by atoms with Crippen LogP contribution in [-0.2, 0) is 10.3 Å². The number of halogens is 1. The van der Waals surface area contributed by atoms with E-state index >= 15 is 0 Å². The number of nitrogens with one attached hydrogen (secondary N) is 1. The summed E-state index contributed by atoms with van der Waals surface area (Å²) >= 11 is 0. The van der Waals surface area contributed by atoms with Crippen LogP contribution in [0, 0.1) is 11.7 Å². The second-order valence-corrected chi connectivity index (χ2v) is 10.5. The Morgan fingerprint density at radius 3 is 2.41 bits per heavy atom. The zero-order valence-electron chi connectivity index (χ0n) is 22.9. The van der Waals surface area contributed by atoms with Crippen molar-refractivity contribution in [2.75, 3.05) is 12.0 Å². The van der Waals surface area contributed by atoms with Gasteiger partial charge in [-0.2, -0.15) is 0 Å². The molecule has 0 bridgehead atoms. The molecule has 0 fully saturated rings. The predicted octanol–water partition coefficient (Wildman–Crippen LogP) is 5.96. The fourth-order valence-corrected chi connectivity index (χ4v) is 5.43. The minimum Gasteiger partial charge on any atom is -0.497 e. The molecule has 0 saturated carbocycles. The first-order chi connectivity index (χ1) is 19.6. The van der Waals surface area contributed by atoms with Crippen molar-refractivity contribution in [3.8, 4) is 5.75 Å². The number of fused-ring (bicyclic) bond motifs is 4. The van der Waals surface area contributed by atoms with Gasteiger partial charge in [0.05, 0.1) is 30.0 Å². The molecule has 6 rings (SSSR count).